The summed E-state index contributed by atoms with van der Waals surface area (Å²) in [5, 5.41) is 2.78. The normalized spacial score (nSPS) is 10.5. The molecule has 28 heavy (non-hydrogen) atoms. The third-order valence-corrected chi connectivity index (χ3v) is 4.21. The first kappa shape index (κ1) is 19.2. The molecule has 0 atom stereocenters. The monoisotopic (exact) mass is 379 g/mol. The van der Waals surface area contributed by atoms with E-state index < -0.39 is 5.91 Å². The van der Waals surface area contributed by atoms with Crippen molar-refractivity contribution in [1.82, 2.24) is 10.3 Å². The molecule has 0 saturated heterocycles. The molecule has 1 aromatic heterocycles. The van der Waals surface area contributed by atoms with Crippen LogP contribution in [0.1, 0.15) is 43.6 Å². The van der Waals surface area contributed by atoms with Crippen molar-refractivity contribution in [1.29, 1.82) is 0 Å². The quantitative estimate of drug-likeness (QED) is 0.656. The molecule has 0 aliphatic rings. The molecule has 0 radical (unpaired) electrons. The smallest absolute Gasteiger partial charge is 0.252 e. The predicted molar refractivity (Wildman–Crippen MR) is 103 cm³/mol. The maximum absolute atomic E-state index is 12.4. The minimum atomic E-state index is -0.555. The number of benzene rings is 2. The number of nitrogens with zero attached hydrogens (tertiary/aromatic N) is 1. The zero-order valence-corrected chi connectivity index (χ0v) is 15.7. The first-order chi connectivity index (χ1) is 13.4. The minimum Gasteiger partial charge on any atom is -0.488 e. The lowest BCUT2D eigenvalue weighted by molar-refractivity contribution is 0.0946. The standard InChI is InChI=1S/C21H21N3O4/c1-13-14(2)28-19(24-13)11-23-21(26)16-7-5-6-15(10-16)12-27-18-9-4-3-8-17(18)20(22)25/h3-10H,11-12H2,1-2H3,(H2,22,25)(H,23,26). The highest BCUT2D eigenvalue weighted by Crippen LogP contribution is 2.19. The molecule has 1 heterocycles. The number of ether oxygens (including phenoxy) is 1. The number of aryl methyl sites for hydroxylation is 2. The number of amides is 2. The van der Waals surface area contributed by atoms with Gasteiger partial charge in [0.2, 0.25) is 5.89 Å². The van der Waals surface area contributed by atoms with Crippen LogP contribution >= 0.6 is 0 Å². The van der Waals surface area contributed by atoms with E-state index in [9.17, 15) is 9.59 Å². The molecule has 0 spiro atoms. The second-order valence-electron chi connectivity index (χ2n) is 6.28. The van der Waals surface area contributed by atoms with Crippen molar-refractivity contribution in [3.05, 3.63) is 82.6 Å². The van der Waals surface area contributed by atoms with Gasteiger partial charge in [-0.25, -0.2) is 4.98 Å². The van der Waals surface area contributed by atoms with E-state index in [0.29, 0.717) is 22.8 Å². The maximum atomic E-state index is 12.4. The molecule has 3 rings (SSSR count). The lowest BCUT2D eigenvalue weighted by atomic mass is 10.1. The molecular weight excluding hydrogens is 358 g/mol. The average Bonchev–Trinajstić information content (AvgIpc) is 3.02. The van der Waals surface area contributed by atoms with Crippen LogP contribution in [0.2, 0.25) is 0 Å². The van der Waals surface area contributed by atoms with Crippen LogP contribution in [-0.2, 0) is 13.2 Å². The first-order valence-corrected chi connectivity index (χ1v) is 8.75. The van der Waals surface area contributed by atoms with Gasteiger partial charge in [-0.3, -0.25) is 9.59 Å². The van der Waals surface area contributed by atoms with Crippen LogP contribution in [0.15, 0.2) is 52.9 Å². The number of hydrogen-bond donors (Lipinski definition) is 2. The van der Waals surface area contributed by atoms with E-state index in [0.717, 1.165) is 17.0 Å². The molecule has 0 unspecified atom stereocenters. The van der Waals surface area contributed by atoms with Gasteiger partial charge >= 0.3 is 0 Å². The Hall–Kier alpha value is -3.61. The summed E-state index contributed by atoms with van der Waals surface area (Å²) in [5.74, 6) is 0.804. The molecule has 0 saturated carbocycles. The largest absolute Gasteiger partial charge is 0.488 e. The second kappa shape index (κ2) is 8.39. The van der Waals surface area contributed by atoms with Gasteiger partial charge in [0.1, 0.15) is 18.1 Å². The molecule has 0 fully saturated rings. The molecule has 144 valence electrons. The van der Waals surface area contributed by atoms with Crippen LogP contribution in [-0.4, -0.2) is 16.8 Å². The van der Waals surface area contributed by atoms with Crippen molar-refractivity contribution in [2.75, 3.05) is 0 Å². The summed E-state index contributed by atoms with van der Waals surface area (Å²) >= 11 is 0. The van der Waals surface area contributed by atoms with Crippen molar-refractivity contribution < 1.29 is 18.7 Å². The van der Waals surface area contributed by atoms with Gasteiger partial charge in [-0.2, -0.15) is 0 Å². The van der Waals surface area contributed by atoms with Crippen LogP contribution in [0.5, 0.6) is 5.75 Å². The number of rotatable bonds is 7. The van der Waals surface area contributed by atoms with Gasteiger partial charge in [-0.1, -0.05) is 24.3 Å². The fourth-order valence-electron chi connectivity index (χ4n) is 2.63. The van der Waals surface area contributed by atoms with E-state index in [4.69, 9.17) is 14.9 Å². The number of hydrogen-bond acceptors (Lipinski definition) is 5. The van der Waals surface area contributed by atoms with Gasteiger partial charge in [0.25, 0.3) is 11.8 Å². The summed E-state index contributed by atoms with van der Waals surface area (Å²) in [5.41, 5.74) is 7.75. The summed E-state index contributed by atoms with van der Waals surface area (Å²) in [6, 6.07) is 13.8. The maximum Gasteiger partial charge on any atom is 0.252 e. The number of oxazole rings is 1. The summed E-state index contributed by atoms with van der Waals surface area (Å²) < 4.78 is 11.2. The van der Waals surface area contributed by atoms with E-state index in [-0.39, 0.29) is 19.1 Å². The Morgan fingerprint density at radius 3 is 2.64 bits per heavy atom. The number of nitrogens with two attached hydrogens (primary N) is 1. The number of nitrogens with one attached hydrogen (secondary N) is 1. The Labute approximate surface area is 162 Å². The zero-order valence-electron chi connectivity index (χ0n) is 15.7. The van der Waals surface area contributed by atoms with Gasteiger partial charge < -0.3 is 20.2 Å². The van der Waals surface area contributed by atoms with Gasteiger partial charge in [0.05, 0.1) is 17.8 Å². The summed E-state index contributed by atoms with van der Waals surface area (Å²) in [4.78, 5) is 28.1. The lowest BCUT2D eigenvalue weighted by Gasteiger charge is -2.10. The molecule has 0 bridgehead atoms. The van der Waals surface area contributed by atoms with E-state index in [2.05, 4.69) is 10.3 Å². The van der Waals surface area contributed by atoms with Crippen LogP contribution in [0.4, 0.5) is 0 Å². The molecule has 0 aliphatic carbocycles. The van der Waals surface area contributed by atoms with Gasteiger partial charge in [0.15, 0.2) is 0 Å². The van der Waals surface area contributed by atoms with E-state index in [1.54, 1.807) is 42.5 Å². The lowest BCUT2D eigenvalue weighted by Crippen LogP contribution is -2.23. The van der Waals surface area contributed by atoms with E-state index in [1.807, 2.05) is 19.9 Å². The number of para-hydroxylation sites is 1. The van der Waals surface area contributed by atoms with Crippen LogP contribution in [0, 0.1) is 13.8 Å². The molecule has 3 aromatic rings. The van der Waals surface area contributed by atoms with Crippen LogP contribution < -0.4 is 15.8 Å². The number of carbonyl (C=O) groups excluding carboxylic acids is 2. The highest BCUT2D eigenvalue weighted by Gasteiger charge is 2.11. The SMILES string of the molecule is Cc1nc(CNC(=O)c2cccc(COc3ccccc3C(N)=O)c2)oc1C. The summed E-state index contributed by atoms with van der Waals surface area (Å²) in [6.45, 7) is 4.08. The Bertz CT molecular complexity index is 991. The van der Waals surface area contributed by atoms with Crippen molar-refractivity contribution in [3.8, 4) is 5.75 Å². The van der Waals surface area contributed by atoms with Gasteiger partial charge in [0, 0.05) is 5.56 Å². The van der Waals surface area contributed by atoms with Crippen LogP contribution in [0.3, 0.4) is 0 Å². The molecule has 0 aliphatic heterocycles. The predicted octanol–water partition coefficient (Wildman–Crippen LogP) is 2.90. The molecule has 2 aromatic carbocycles. The molecule has 3 N–H and O–H groups in total. The number of aromatic nitrogens is 1. The molecule has 7 heteroatoms. The van der Waals surface area contributed by atoms with E-state index >= 15 is 0 Å². The highest BCUT2D eigenvalue weighted by atomic mass is 16.5. The Morgan fingerprint density at radius 2 is 1.93 bits per heavy atom. The van der Waals surface area contributed by atoms with Crippen molar-refractivity contribution in [2.24, 2.45) is 5.73 Å². The Balaban J connectivity index is 1.63. The third-order valence-electron chi connectivity index (χ3n) is 4.21. The average molecular weight is 379 g/mol. The molecule has 2 amide bonds. The Kier molecular flexibility index (Phi) is 5.74. The number of primary amides is 1. The van der Waals surface area contributed by atoms with Crippen molar-refractivity contribution in [2.45, 2.75) is 27.0 Å². The second-order valence-corrected chi connectivity index (χ2v) is 6.28. The molecular formula is C21H21N3O4. The number of carbonyl (C=O) groups is 2. The van der Waals surface area contributed by atoms with Crippen molar-refractivity contribution >= 4 is 11.8 Å². The summed E-state index contributed by atoms with van der Waals surface area (Å²) in [7, 11) is 0. The van der Waals surface area contributed by atoms with Gasteiger partial charge in [-0.05, 0) is 43.7 Å². The summed E-state index contributed by atoms with van der Waals surface area (Å²) in [6.07, 6.45) is 0. The van der Waals surface area contributed by atoms with E-state index in [1.165, 1.54) is 0 Å². The van der Waals surface area contributed by atoms with Crippen LogP contribution in [0.25, 0.3) is 0 Å². The third kappa shape index (κ3) is 4.56. The first-order valence-electron chi connectivity index (χ1n) is 8.75. The van der Waals surface area contributed by atoms with Gasteiger partial charge in [-0.15, -0.1) is 0 Å². The fraction of sp³-hybridized carbons (Fsp3) is 0.190. The van der Waals surface area contributed by atoms with Crippen molar-refractivity contribution in [3.63, 3.8) is 0 Å². The highest BCUT2D eigenvalue weighted by molar-refractivity contribution is 5.95. The Morgan fingerprint density at radius 1 is 1.14 bits per heavy atom. The topological polar surface area (TPSA) is 107 Å². The minimum absolute atomic E-state index is 0.198. The fourth-order valence-corrected chi connectivity index (χ4v) is 2.63. The molecule has 7 nitrogen and oxygen atoms in total. The zero-order chi connectivity index (χ0) is 20.1.